The lowest BCUT2D eigenvalue weighted by molar-refractivity contribution is -0.135. The number of carbonyl (C=O) groups is 1. The summed E-state index contributed by atoms with van der Waals surface area (Å²) in [7, 11) is 0. The molecule has 1 saturated carbocycles. The van der Waals surface area contributed by atoms with E-state index in [-0.39, 0.29) is 0 Å². The van der Waals surface area contributed by atoms with Gasteiger partial charge in [-0.3, -0.25) is 4.79 Å². The van der Waals surface area contributed by atoms with E-state index < -0.39 is 0 Å². The van der Waals surface area contributed by atoms with Crippen molar-refractivity contribution in [3.63, 3.8) is 0 Å². The van der Waals surface area contributed by atoms with E-state index in [1.165, 1.54) is 12.8 Å². The van der Waals surface area contributed by atoms with Gasteiger partial charge < -0.3 is 10.6 Å². The molecule has 1 aliphatic heterocycles. The van der Waals surface area contributed by atoms with Crippen LogP contribution in [0.2, 0.25) is 0 Å². The third-order valence-corrected chi connectivity index (χ3v) is 4.35. The van der Waals surface area contributed by atoms with E-state index in [0.29, 0.717) is 23.7 Å². The number of hydrogen-bond donors (Lipinski definition) is 1. The monoisotopic (exact) mass is 224 g/mol. The van der Waals surface area contributed by atoms with Crippen LogP contribution in [0.3, 0.4) is 0 Å². The summed E-state index contributed by atoms with van der Waals surface area (Å²) in [5.74, 6) is 1.99. The minimum absolute atomic E-state index is 0.316. The maximum atomic E-state index is 12.3. The molecule has 0 spiro atoms. The fraction of sp³-hybridized carbons (Fsp3) is 0.923. The van der Waals surface area contributed by atoms with Gasteiger partial charge in [-0.25, -0.2) is 0 Å². The number of rotatable bonds is 3. The second-order valence-corrected chi connectivity index (χ2v) is 5.53. The fourth-order valence-electron chi connectivity index (χ4n) is 3.25. The van der Waals surface area contributed by atoms with Gasteiger partial charge in [-0.2, -0.15) is 0 Å². The first-order valence-corrected chi connectivity index (χ1v) is 6.71. The highest BCUT2D eigenvalue weighted by molar-refractivity contribution is 5.79. The molecular formula is C13H24N2O. The first-order chi connectivity index (χ1) is 7.72. The molecule has 0 aromatic rings. The van der Waals surface area contributed by atoms with E-state index in [1.54, 1.807) is 0 Å². The highest BCUT2D eigenvalue weighted by Crippen LogP contribution is 2.34. The minimum atomic E-state index is 0.316. The Bertz CT molecular complexity index is 254. The quantitative estimate of drug-likeness (QED) is 0.792. The molecule has 3 nitrogen and oxygen atoms in total. The van der Waals surface area contributed by atoms with E-state index in [1.807, 2.05) is 0 Å². The zero-order chi connectivity index (χ0) is 11.5. The standard InChI is InChI=1S/C13H24N2O/c1-10-3-2-4-12(10)13(16)15-8-6-11(9-15)5-7-14/h10-12H,2-9,14H2,1H3. The molecule has 0 aromatic carbocycles. The molecule has 2 aliphatic rings. The smallest absolute Gasteiger partial charge is 0.225 e. The largest absolute Gasteiger partial charge is 0.342 e. The highest BCUT2D eigenvalue weighted by atomic mass is 16.2. The van der Waals surface area contributed by atoms with E-state index in [0.717, 1.165) is 38.9 Å². The first kappa shape index (κ1) is 11.9. The van der Waals surface area contributed by atoms with Crippen LogP contribution in [0.15, 0.2) is 0 Å². The summed E-state index contributed by atoms with van der Waals surface area (Å²) in [6.45, 7) is 4.90. The zero-order valence-corrected chi connectivity index (χ0v) is 10.3. The van der Waals surface area contributed by atoms with Gasteiger partial charge in [0, 0.05) is 19.0 Å². The van der Waals surface area contributed by atoms with Crippen LogP contribution in [0.25, 0.3) is 0 Å². The van der Waals surface area contributed by atoms with Crippen molar-refractivity contribution in [2.45, 2.75) is 39.0 Å². The van der Waals surface area contributed by atoms with Gasteiger partial charge in [0.1, 0.15) is 0 Å². The molecular weight excluding hydrogens is 200 g/mol. The van der Waals surface area contributed by atoms with Gasteiger partial charge in [0.15, 0.2) is 0 Å². The lowest BCUT2D eigenvalue weighted by Gasteiger charge is -2.23. The summed E-state index contributed by atoms with van der Waals surface area (Å²) in [5, 5.41) is 0. The summed E-state index contributed by atoms with van der Waals surface area (Å²) in [6.07, 6.45) is 5.81. The molecule has 3 unspecified atom stereocenters. The molecule has 16 heavy (non-hydrogen) atoms. The average molecular weight is 224 g/mol. The minimum Gasteiger partial charge on any atom is -0.342 e. The lowest BCUT2D eigenvalue weighted by Crippen LogP contribution is -2.35. The number of nitrogens with two attached hydrogens (primary N) is 1. The van der Waals surface area contributed by atoms with E-state index in [4.69, 9.17) is 5.73 Å². The Kier molecular flexibility index (Phi) is 3.85. The Balaban J connectivity index is 1.86. The predicted molar refractivity (Wildman–Crippen MR) is 64.9 cm³/mol. The Morgan fingerprint density at radius 1 is 1.38 bits per heavy atom. The molecule has 2 rings (SSSR count). The van der Waals surface area contributed by atoms with Gasteiger partial charge in [0.25, 0.3) is 0 Å². The Morgan fingerprint density at radius 2 is 2.19 bits per heavy atom. The van der Waals surface area contributed by atoms with Crippen LogP contribution >= 0.6 is 0 Å². The number of amides is 1. The maximum Gasteiger partial charge on any atom is 0.225 e. The van der Waals surface area contributed by atoms with Crippen LogP contribution in [-0.2, 0) is 4.79 Å². The Morgan fingerprint density at radius 3 is 2.81 bits per heavy atom. The number of hydrogen-bond acceptors (Lipinski definition) is 2. The topological polar surface area (TPSA) is 46.3 Å². The van der Waals surface area contributed by atoms with Crippen LogP contribution in [0.1, 0.15) is 39.0 Å². The Labute approximate surface area is 98.4 Å². The van der Waals surface area contributed by atoms with Crippen LogP contribution in [0.4, 0.5) is 0 Å². The predicted octanol–water partition coefficient (Wildman–Crippen LogP) is 1.62. The van der Waals surface area contributed by atoms with Gasteiger partial charge >= 0.3 is 0 Å². The van der Waals surface area contributed by atoms with Crippen LogP contribution in [-0.4, -0.2) is 30.4 Å². The summed E-state index contributed by atoms with van der Waals surface area (Å²) < 4.78 is 0. The van der Waals surface area contributed by atoms with Crippen molar-refractivity contribution in [2.24, 2.45) is 23.5 Å². The number of nitrogens with zero attached hydrogens (tertiary/aromatic N) is 1. The summed E-state index contributed by atoms with van der Waals surface area (Å²) >= 11 is 0. The number of likely N-dealkylation sites (tertiary alicyclic amines) is 1. The van der Waals surface area contributed by atoms with Gasteiger partial charge in [0.05, 0.1) is 0 Å². The van der Waals surface area contributed by atoms with Crippen molar-refractivity contribution < 1.29 is 4.79 Å². The van der Waals surface area contributed by atoms with Gasteiger partial charge in [-0.05, 0) is 44.1 Å². The average Bonchev–Trinajstić information content (AvgIpc) is 2.87. The molecule has 2 fully saturated rings. The normalized spacial score (nSPS) is 34.6. The lowest BCUT2D eigenvalue weighted by atomic mass is 9.97. The Hall–Kier alpha value is -0.570. The maximum absolute atomic E-state index is 12.3. The van der Waals surface area contributed by atoms with Crippen molar-refractivity contribution in [2.75, 3.05) is 19.6 Å². The molecule has 0 aromatic heterocycles. The third-order valence-electron chi connectivity index (χ3n) is 4.35. The molecule has 1 aliphatic carbocycles. The summed E-state index contributed by atoms with van der Waals surface area (Å²) in [6, 6.07) is 0. The SMILES string of the molecule is CC1CCCC1C(=O)N1CCC(CCN)C1. The second kappa shape index (κ2) is 5.17. The molecule has 1 amide bonds. The van der Waals surface area contributed by atoms with Crippen LogP contribution in [0.5, 0.6) is 0 Å². The van der Waals surface area contributed by atoms with E-state index in [9.17, 15) is 4.79 Å². The van der Waals surface area contributed by atoms with Gasteiger partial charge in [-0.1, -0.05) is 13.3 Å². The van der Waals surface area contributed by atoms with E-state index >= 15 is 0 Å². The second-order valence-electron chi connectivity index (χ2n) is 5.53. The molecule has 2 N–H and O–H groups in total. The first-order valence-electron chi connectivity index (χ1n) is 6.71. The number of carbonyl (C=O) groups excluding carboxylic acids is 1. The van der Waals surface area contributed by atoms with Crippen molar-refractivity contribution in [3.8, 4) is 0 Å². The highest BCUT2D eigenvalue weighted by Gasteiger charge is 2.35. The van der Waals surface area contributed by atoms with Crippen molar-refractivity contribution in [3.05, 3.63) is 0 Å². The van der Waals surface area contributed by atoms with Crippen molar-refractivity contribution >= 4 is 5.91 Å². The zero-order valence-electron chi connectivity index (χ0n) is 10.3. The summed E-state index contributed by atoms with van der Waals surface area (Å²) in [5.41, 5.74) is 5.57. The molecule has 92 valence electrons. The molecule has 1 saturated heterocycles. The van der Waals surface area contributed by atoms with Crippen molar-refractivity contribution in [1.29, 1.82) is 0 Å². The van der Waals surface area contributed by atoms with Crippen molar-refractivity contribution in [1.82, 2.24) is 4.90 Å². The van der Waals surface area contributed by atoms with Gasteiger partial charge in [0.2, 0.25) is 5.91 Å². The van der Waals surface area contributed by atoms with Crippen LogP contribution < -0.4 is 5.73 Å². The molecule has 3 atom stereocenters. The molecule has 0 bridgehead atoms. The third kappa shape index (κ3) is 2.40. The van der Waals surface area contributed by atoms with E-state index in [2.05, 4.69) is 11.8 Å². The fourth-order valence-corrected chi connectivity index (χ4v) is 3.25. The molecule has 0 radical (unpaired) electrons. The molecule has 1 heterocycles. The van der Waals surface area contributed by atoms with Crippen LogP contribution in [0, 0.1) is 17.8 Å². The summed E-state index contributed by atoms with van der Waals surface area (Å²) in [4.78, 5) is 14.4. The van der Waals surface area contributed by atoms with Gasteiger partial charge in [-0.15, -0.1) is 0 Å². The molecule has 3 heteroatoms.